The number of aryl methyl sites for hydroxylation is 1. The Balaban J connectivity index is 1.70. The molecule has 32 heavy (non-hydrogen) atoms. The lowest BCUT2D eigenvalue weighted by Crippen LogP contribution is -2.31. The second-order valence-electron chi connectivity index (χ2n) is 7.80. The second-order valence-corrected chi connectivity index (χ2v) is 7.80. The summed E-state index contributed by atoms with van der Waals surface area (Å²) in [5.41, 5.74) is 4.05. The molecule has 1 heterocycles. The van der Waals surface area contributed by atoms with Gasteiger partial charge in [0.25, 0.3) is 11.8 Å². The van der Waals surface area contributed by atoms with E-state index in [0.29, 0.717) is 29.2 Å². The smallest absolute Gasteiger partial charge is 0.278 e. The van der Waals surface area contributed by atoms with E-state index in [9.17, 15) is 9.59 Å². The number of amides is 2. The molecule has 162 valence electrons. The van der Waals surface area contributed by atoms with Gasteiger partial charge >= 0.3 is 0 Å². The summed E-state index contributed by atoms with van der Waals surface area (Å²) in [5, 5.41) is 3.20. The summed E-state index contributed by atoms with van der Waals surface area (Å²) in [4.78, 5) is 28.1. The normalized spacial score (nSPS) is 13.6. The fraction of sp³-hybridized carbons (Fsp3) is 0.185. The maximum Gasteiger partial charge on any atom is 0.278 e. The van der Waals surface area contributed by atoms with Gasteiger partial charge in [-0.2, -0.15) is 0 Å². The van der Waals surface area contributed by atoms with Gasteiger partial charge in [-0.3, -0.25) is 14.5 Å². The van der Waals surface area contributed by atoms with Gasteiger partial charge in [0, 0.05) is 11.8 Å². The van der Waals surface area contributed by atoms with Crippen LogP contribution in [0.15, 0.2) is 84.6 Å². The average molecular weight is 427 g/mol. The molecule has 0 bridgehead atoms. The predicted molar refractivity (Wildman–Crippen MR) is 126 cm³/mol. The van der Waals surface area contributed by atoms with E-state index < -0.39 is 0 Å². The molecule has 1 N–H and O–H groups in total. The van der Waals surface area contributed by atoms with Crippen molar-refractivity contribution >= 4 is 23.1 Å². The van der Waals surface area contributed by atoms with Crippen LogP contribution in [0.25, 0.3) is 5.57 Å². The van der Waals surface area contributed by atoms with E-state index in [1.807, 2.05) is 92.7 Å². The van der Waals surface area contributed by atoms with Crippen LogP contribution in [0.2, 0.25) is 0 Å². The molecule has 0 atom stereocenters. The largest absolute Gasteiger partial charge is 0.494 e. The monoisotopic (exact) mass is 426 g/mol. The van der Waals surface area contributed by atoms with Crippen LogP contribution in [0.5, 0.6) is 5.75 Å². The molecule has 0 aromatic heterocycles. The molecule has 0 unspecified atom stereocenters. The topological polar surface area (TPSA) is 58.6 Å². The third-order valence-corrected chi connectivity index (χ3v) is 5.27. The molecule has 0 aliphatic carbocycles. The van der Waals surface area contributed by atoms with E-state index in [0.717, 1.165) is 17.5 Å². The van der Waals surface area contributed by atoms with Crippen LogP contribution in [0.1, 0.15) is 30.0 Å². The summed E-state index contributed by atoms with van der Waals surface area (Å²) in [6, 6.07) is 24.6. The number of hydrogen-bond donors (Lipinski definition) is 1. The molecule has 0 spiro atoms. The maximum absolute atomic E-state index is 13.4. The molecule has 0 saturated carbocycles. The third kappa shape index (κ3) is 4.57. The van der Waals surface area contributed by atoms with Crippen molar-refractivity contribution in [2.75, 3.05) is 11.9 Å². The first kappa shape index (κ1) is 21.4. The quantitative estimate of drug-likeness (QED) is 0.505. The van der Waals surface area contributed by atoms with Crippen molar-refractivity contribution in [3.05, 3.63) is 101 Å². The van der Waals surface area contributed by atoms with E-state index in [4.69, 9.17) is 4.74 Å². The van der Waals surface area contributed by atoms with Gasteiger partial charge < -0.3 is 10.1 Å². The summed E-state index contributed by atoms with van der Waals surface area (Å²) in [5.74, 6) is 0.0742. The zero-order chi connectivity index (χ0) is 22.5. The van der Waals surface area contributed by atoms with Crippen LogP contribution in [0.3, 0.4) is 0 Å². The number of rotatable bonds is 8. The SMILES string of the molecule is CCCOc1cccc(NC2=C(c3ccc(C)cc3)C(=O)N(Cc3ccccc3)C2=O)c1. The lowest BCUT2D eigenvalue weighted by atomic mass is 10.0. The van der Waals surface area contributed by atoms with Crippen LogP contribution < -0.4 is 10.1 Å². The highest BCUT2D eigenvalue weighted by atomic mass is 16.5. The summed E-state index contributed by atoms with van der Waals surface area (Å²) >= 11 is 0. The number of anilines is 1. The molecule has 4 rings (SSSR count). The predicted octanol–water partition coefficient (Wildman–Crippen LogP) is 5.18. The van der Waals surface area contributed by atoms with Crippen LogP contribution >= 0.6 is 0 Å². The molecule has 5 heteroatoms. The molecule has 3 aromatic carbocycles. The highest BCUT2D eigenvalue weighted by Crippen LogP contribution is 2.32. The van der Waals surface area contributed by atoms with E-state index in [1.54, 1.807) is 0 Å². The molecule has 1 aliphatic rings. The van der Waals surface area contributed by atoms with Gasteiger partial charge in [-0.05, 0) is 36.6 Å². The molecule has 1 aliphatic heterocycles. The van der Waals surface area contributed by atoms with Crippen LogP contribution in [0, 0.1) is 6.92 Å². The summed E-state index contributed by atoms with van der Waals surface area (Å²) in [6.07, 6.45) is 0.905. The number of ether oxygens (including phenoxy) is 1. The number of hydrogen-bond acceptors (Lipinski definition) is 4. The highest BCUT2D eigenvalue weighted by Gasteiger charge is 2.39. The third-order valence-electron chi connectivity index (χ3n) is 5.27. The van der Waals surface area contributed by atoms with E-state index in [2.05, 4.69) is 5.32 Å². The maximum atomic E-state index is 13.4. The van der Waals surface area contributed by atoms with Crippen LogP contribution in [0.4, 0.5) is 5.69 Å². The average Bonchev–Trinajstić information content (AvgIpc) is 3.03. The van der Waals surface area contributed by atoms with E-state index in [1.165, 1.54) is 4.90 Å². The molecule has 0 radical (unpaired) electrons. The van der Waals surface area contributed by atoms with Crippen molar-refractivity contribution in [3.63, 3.8) is 0 Å². The molecule has 2 amide bonds. The first-order valence-electron chi connectivity index (χ1n) is 10.8. The highest BCUT2D eigenvalue weighted by molar-refractivity contribution is 6.36. The van der Waals surface area contributed by atoms with Gasteiger partial charge in [0.15, 0.2) is 0 Å². The molecule has 5 nitrogen and oxygen atoms in total. The Bertz CT molecular complexity index is 1150. The molecular weight excluding hydrogens is 400 g/mol. The van der Waals surface area contributed by atoms with E-state index >= 15 is 0 Å². The fourth-order valence-corrected chi connectivity index (χ4v) is 3.62. The lowest BCUT2D eigenvalue weighted by Gasteiger charge is -2.15. The fourth-order valence-electron chi connectivity index (χ4n) is 3.62. The summed E-state index contributed by atoms with van der Waals surface area (Å²) < 4.78 is 5.71. The minimum Gasteiger partial charge on any atom is -0.494 e. The summed E-state index contributed by atoms with van der Waals surface area (Å²) in [6.45, 7) is 4.87. The Labute approximate surface area is 188 Å². The number of nitrogens with zero attached hydrogens (tertiary/aromatic N) is 1. The van der Waals surface area contributed by atoms with Gasteiger partial charge in [0.05, 0.1) is 18.7 Å². The number of carbonyl (C=O) groups is 2. The van der Waals surface area contributed by atoms with Crippen molar-refractivity contribution in [2.24, 2.45) is 0 Å². The van der Waals surface area contributed by atoms with Crippen LogP contribution in [-0.4, -0.2) is 23.3 Å². The first-order chi connectivity index (χ1) is 15.6. The lowest BCUT2D eigenvalue weighted by molar-refractivity contribution is -0.137. The zero-order valence-electron chi connectivity index (χ0n) is 18.3. The van der Waals surface area contributed by atoms with Gasteiger partial charge in [0.1, 0.15) is 11.4 Å². The summed E-state index contributed by atoms with van der Waals surface area (Å²) in [7, 11) is 0. The molecule has 3 aromatic rings. The number of carbonyl (C=O) groups excluding carboxylic acids is 2. The zero-order valence-corrected chi connectivity index (χ0v) is 18.3. The molecular formula is C27H26N2O3. The van der Waals surface area contributed by atoms with Gasteiger partial charge in [0.2, 0.25) is 0 Å². The standard InChI is InChI=1S/C27H26N2O3/c1-3-16-32-23-11-7-10-22(17-23)28-25-24(21-14-12-19(2)13-15-21)26(30)29(27(25)31)18-20-8-5-4-6-9-20/h4-15,17,28H,3,16,18H2,1-2H3. The Kier molecular flexibility index (Phi) is 6.36. The van der Waals surface area contributed by atoms with Crippen molar-refractivity contribution < 1.29 is 14.3 Å². The van der Waals surface area contributed by atoms with Crippen molar-refractivity contribution in [3.8, 4) is 5.75 Å². The second kappa shape index (κ2) is 9.52. The minimum absolute atomic E-state index is 0.221. The van der Waals surface area contributed by atoms with Crippen molar-refractivity contribution in [1.82, 2.24) is 4.90 Å². The van der Waals surface area contributed by atoms with Crippen molar-refractivity contribution in [2.45, 2.75) is 26.8 Å². The molecule has 0 fully saturated rings. The van der Waals surface area contributed by atoms with Gasteiger partial charge in [-0.25, -0.2) is 0 Å². The van der Waals surface area contributed by atoms with Crippen LogP contribution in [-0.2, 0) is 16.1 Å². The Morgan fingerprint density at radius 1 is 0.875 bits per heavy atom. The molecule has 0 saturated heterocycles. The van der Waals surface area contributed by atoms with Gasteiger partial charge in [-0.15, -0.1) is 0 Å². The Morgan fingerprint density at radius 3 is 2.34 bits per heavy atom. The minimum atomic E-state index is -0.339. The van der Waals surface area contributed by atoms with Crippen molar-refractivity contribution in [1.29, 1.82) is 0 Å². The first-order valence-corrected chi connectivity index (χ1v) is 10.8. The Morgan fingerprint density at radius 2 is 1.62 bits per heavy atom. The van der Waals surface area contributed by atoms with E-state index in [-0.39, 0.29) is 24.1 Å². The number of nitrogens with one attached hydrogen (secondary N) is 1. The number of benzene rings is 3. The number of imide groups is 1. The Hall–Kier alpha value is -3.86. The van der Waals surface area contributed by atoms with Gasteiger partial charge in [-0.1, -0.05) is 73.2 Å².